The van der Waals surface area contributed by atoms with Crippen LogP contribution in [0.15, 0.2) is 24.3 Å². The third-order valence-corrected chi connectivity index (χ3v) is 2.53. The predicted octanol–water partition coefficient (Wildman–Crippen LogP) is 2.19. The van der Waals surface area contributed by atoms with Crippen LogP contribution < -0.4 is 5.73 Å². The van der Waals surface area contributed by atoms with Crippen LogP contribution in [-0.4, -0.2) is 0 Å². The first-order chi connectivity index (χ1) is 5.29. The van der Waals surface area contributed by atoms with Crippen LogP contribution >= 0.6 is 0 Å². The van der Waals surface area contributed by atoms with E-state index in [-0.39, 0.29) is 6.04 Å². The third kappa shape index (κ3) is 0.962. The largest absolute Gasteiger partial charge is 0.324 e. The first-order valence-electron chi connectivity index (χ1n) is 4.13. The molecule has 1 aliphatic carbocycles. The topological polar surface area (TPSA) is 26.0 Å². The Morgan fingerprint density at radius 1 is 1.27 bits per heavy atom. The quantitative estimate of drug-likeness (QED) is 0.598. The molecule has 1 nitrogen and oxygen atoms in total. The predicted molar refractivity (Wildman–Crippen MR) is 46.4 cm³/mol. The molecule has 1 heteroatoms. The van der Waals surface area contributed by atoms with Crippen LogP contribution in [0.2, 0.25) is 0 Å². The summed E-state index contributed by atoms with van der Waals surface area (Å²) < 4.78 is 0. The number of nitrogens with two attached hydrogens (primary N) is 1. The summed E-state index contributed by atoms with van der Waals surface area (Å²) in [6.45, 7) is 2.24. The minimum Gasteiger partial charge on any atom is -0.324 e. The minimum atomic E-state index is 0.279. The van der Waals surface area contributed by atoms with E-state index in [1.165, 1.54) is 11.1 Å². The lowest BCUT2D eigenvalue weighted by Crippen LogP contribution is -2.04. The van der Waals surface area contributed by atoms with Gasteiger partial charge in [0.05, 0.1) is 0 Å². The minimum absolute atomic E-state index is 0.279. The van der Waals surface area contributed by atoms with E-state index in [0.717, 1.165) is 6.42 Å². The summed E-state index contributed by atoms with van der Waals surface area (Å²) in [6.07, 6.45) is 1.11. The molecule has 0 aliphatic heterocycles. The van der Waals surface area contributed by atoms with Gasteiger partial charge in [-0.25, -0.2) is 0 Å². The van der Waals surface area contributed by atoms with E-state index in [2.05, 4.69) is 31.2 Å². The Kier molecular flexibility index (Phi) is 1.46. The van der Waals surface area contributed by atoms with Crippen LogP contribution in [0.25, 0.3) is 0 Å². The van der Waals surface area contributed by atoms with E-state index in [0.29, 0.717) is 5.92 Å². The SMILES string of the molecule is C[C@@H]1C[C@@H](N)c2ccccc21. The third-order valence-electron chi connectivity index (χ3n) is 2.53. The Morgan fingerprint density at radius 2 is 1.91 bits per heavy atom. The highest BCUT2D eigenvalue weighted by Crippen LogP contribution is 2.37. The Hall–Kier alpha value is -0.820. The van der Waals surface area contributed by atoms with Gasteiger partial charge in [-0.1, -0.05) is 31.2 Å². The smallest absolute Gasteiger partial charge is 0.0303 e. The Bertz CT molecular complexity index is 240. The summed E-state index contributed by atoms with van der Waals surface area (Å²) in [5.41, 5.74) is 8.73. The van der Waals surface area contributed by atoms with Crippen molar-refractivity contribution in [2.75, 3.05) is 0 Å². The van der Waals surface area contributed by atoms with Crippen molar-refractivity contribution in [1.82, 2.24) is 0 Å². The molecule has 0 amide bonds. The van der Waals surface area contributed by atoms with Crippen molar-refractivity contribution in [2.45, 2.75) is 25.3 Å². The first-order valence-corrected chi connectivity index (χ1v) is 4.13. The average molecular weight is 147 g/mol. The molecule has 1 aliphatic rings. The number of benzene rings is 1. The maximum atomic E-state index is 5.94. The molecule has 0 radical (unpaired) electrons. The molecule has 0 unspecified atom stereocenters. The molecule has 1 aromatic carbocycles. The molecule has 11 heavy (non-hydrogen) atoms. The Morgan fingerprint density at radius 3 is 2.55 bits per heavy atom. The van der Waals surface area contributed by atoms with E-state index < -0.39 is 0 Å². The van der Waals surface area contributed by atoms with Crippen molar-refractivity contribution >= 4 is 0 Å². The lowest BCUT2D eigenvalue weighted by molar-refractivity contribution is 0.640. The van der Waals surface area contributed by atoms with E-state index in [1.54, 1.807) is 0 Å². The molecule has 0 bridgehead atoms. The summed E-state index contributed by atoms with van der Waals surface area (Å²) in [7, 11) is 0. The maximum absolute atomic E-state index is 5.94. The van der Waals surface area contributed by atoms with Crippen LogP contribution in [0.1, 0.15) is 36.4 Å². The Balaban J connectivity index is 2.52. The van der Waals surface area contributed by atoms with Crippen LogP contribution in [0.5, 0.6) is 0 Å². The van der Waals surface area contributed by atoms with Gasteiger partial charge in [-0.2, -0.15) is 0 Å². The van der Waals surface area contributed by atoms with Gasteiger partial charge in [-0.3, -0.25) is 0 Å². The fraction of sp³-hybridized carbons (Fsp3) is 0.400. The summed E-state index contributed by atoms with van der Waals surface area (Å²) in [6, 6.07) is 8.77. The molecule has 0 aromatic heterocycles. The molecule has 2 rings (SSSR count). The molecule has 0 fully saturated rings. The molecule has 0 saturated heterocycles. The van der Waals surface area contributed by atoms with Crippen molar-refractivity contribution in [2.24, 2.45) is 5.73 Å². The number of hydrogen-bond donors (Lipinski definition) is 1. The Labute approximate surface area is 67.2 Å². The van der Waals surface area contributed by atoms with Gasteiger partial charge in [0, 0.05) is 6.04 Å². The lowest BCUT2D eigenvalue weighted by Gasteiger charge is -2.02. The zero-order valence-electron chi connectivity index (χ0n) is 6.75. The first kappa shape index (κ1) is 6.86. The van der Waals surface area contributed by atoms with Crippen molar-refractivity contribution < 1.29 is 0 Å². The number of hydrogen-bond acceptors (Lipinski definition) is 1. The van der Waals surface area contributed by atoms with Crippen molar-refractivity contribution in [3.05, 3.63) is 35.4 Å². The van der Waals surface area contributed by atoms with Gasteiger partial charge in [-0.05, 0) is 23.5 Å². The highest BCUT2D eigenvalue weighted by molar-refractivity contribution is 5.37. The zero-order valence-corrected chi connectivity index (χ0v) is 6.75. The van der Waals surface area contributed by atoms with E-state index in [9.17, 15) is 0 Å². The molecule has 2 N–H and O–H groups in total. The summed E-state index contributed by atoms with van der Waals surface area (Å²) >= 11 is 0. The second kappa shape index (κ2) is 2.35. The van der Waals surface area contributed by atoms with Gasteiger partial charge < -0.3 is 5.73 Å². The van der Waals surface area contributed by atoms with E-state index in [4.69, 9.17) is 5.73 Å². The fourth-order valence-electron chi connectivity index (χ4n) is 1.93. The summed E-state index contributed by atoms with van der Waals surface area (Å²) in [5, 5.41) is 0. The molecular formula is C10H13N. The van der Waals surface area contributed by atoms with E-state index >= 15 is 0 Å². The second-order valence-electron chi connectivity index (χ2n) is 3.37. The highest BCUT2D eigenvalue weighted by Gasteiger charge is 2.24. The van der Waals surface area contributed by atoms with Crippen LogP contribution in [-0.2, 0) is 0 Å². The van der Waals surface area contributed by atoms with Crippen molar-refractivity contribution in [3.8, 4) is 0 Å². The van der Waals surface area contributed by atoms with Crippen molar-refractivity contribution in [1.29, 1.82) is 0 Å². The average Bonchev–Trinajstić information content (AvgIpc) is 2.30. The van der Waals surface area contributed by atoms with Crippen molar-refractivity contribution in [3.63, 3.8) is 0 Å². The van der Waals surface area contributed by atoms with Crippen LogP contribution in [0, 0.1) is 0 Å². The molecule has 1 aromatic rings. The highest BCUT2D eigenvalue weighted by atomic mass is 14.7. The summed E-state index contributed by atoms with van der Waals surface area (Å²) in [4.78, 5) is 0. The monoisotopic (exact) mass is 147 g/mol. The fourth-order valence-corrected chi connectivity index (χ4v) is 1.93. The van der Waals surface area contributed by atoms with Crippen LogP contribution in [0.3, 0.4) is 0 Å². The maximum Gasteiger partial charge on any atom is 0.0303 e. The van der Waals surface area contributed by atoms with Crippen LogP contribution in [0.4, 0.5) is 0 Å². The normalized spacial score (nSPS) is 28.5. The zero-order chi connectivity index (χ0) is 7.84. The molecule has 2 atom stereocenters. The standard InChI is InChI=1S/C10H13N/c1-7-6-10(11)9-5-3-2-4-8(7)9/h2-5,7,10H,6,11H2,1H3/t7-,10-/m1/s1. The lowest BCUT2D eigenvalue weighted by atomic mass is 10.0. The molecule has 58 valence electrons. The van der Waals surface area contributed by atoms with Gasteiger partial charge >= 0.3 is 0 Å². The van der Waals surface area contributed by atoms with Gasteiger partial charge in [-0.15, -0.1) is 0 Å². The van der Waals surface area contributed by atoms with Gasteiger partial charge in [0.25, 0.3) is 0 Å². The molecular weight excluding hydrogens is 134 g/mol. The number of fused-ring (bicyclic) bond motifs is 1. The summed E-state index contributed by atoms with van der Waals surface area (Å²) in [5.74, 6) is 0.654. The molecule has 0 saturated carbocycles. The van der Waals surface area contributed by atoms with E-state index in [1.807, 2.05) is 0 Å². The second-order valence-corrected chi connectivity index (χ2v) is 3.37. The number of rotatable bonds is 0. The van der Waals surface area contributed by atoms with Gasteiger partial charge in [0.15, 0.2) is 0 Å². The van der Waals surface area contributed by atoms with Gasteiger partial charge in [0.1, 0.15) is 0 Å². The molecule has 0 spiro atoms. The molecule has 0 heterocycles. The van der Waals surface area contributed by atoms with Gasteiger partial charge in [0.2, 0.25) is 0 Å².